The molecule has 1 saturated heterocycles. The first-order valence-corrected chi connectivity index (χ1v) is 11.6. The lowest BCUT2D eigenvalue weighted by Crippen LogP contribution is -2.44. The van der Waals surface area contributed by atoms with Gasteiger partial charge in [-0.2, -0.15) is 5.01 Å². The van der Waals surface area contributed by atoms with Crippen LogP contribution in [0, 0.1) is 13.8 Å². The number of benzene rings is 3. The summed E-state index contributed by atoms with van der Waals surface area (Å²) < 4.78 is 6.28. The summed E-state index contributed by atoms with van der Waals surface area (Å²) in [6.45, 7) is 4.40. The first kappa shape index (κ1) is 22.8. The maximum atomic E-state index is 13.0. The molecule has 0 aromatic heterocycles. The number of para-hydroxylation sites is 1. The Morgan fingerprint density at radius 2 is 1.64 bits per heavy atom. The molecule has 5 nitrogen and oxygen atoms in total. The van der Waals surface area contributed by atoms with Gasteiger partial charge in [-0.15, -0.1) is 0 Å². The van der Waals surface area contributed by atoms with Gasteiger partial charge in [-0.1, -0.05) is 77.5 Å². The molecule has 0 spiro atoms. The van der Waals surface area contributed by atoms with Crippen LogP contribution in [0.1, 0.15) is 32.6 Å². The van der Waals surface area contributed by atoms with Gasteiger partial charge in [-0.25, -0.2) is 0 Å². The van der Waals surface area contributed by atoms with E-state index in [1.165, 1.54) is 5.56 Å². The van der Waals surface area contributed by atoms with Crippen LogP contribution >= 0.6 is 24.0 Å². The van der Waals surface area contributed by atoms with E-state index in [1.807, 2.05) is 74.5 Å². The smallest absolute Gasteiger partial charge is 0.285 e. The molecule has 0 atom stereocenters. The minimum Gasteiger partial charge on any atom is -0.488 e. The lowest BCUT2D eigenvalue weighted by Gasteiger charge is -2.15. The summed E-state index contributed by atoms with van der Waals surface area (Å²) in [6, 6.07) is 22.7. The lowest BCUT2D eigenvalue weighted by molar-refractivity contribution is -0.123. The lowest BCUT2D eigenvalue weighted by atomic mass is 10.1. The highest BCUT2D eigenvalue weighted by Crippen LogP contribution is 2.33. The predicted octanol–water partition coefficient (Wildman–Crippen LogP) is 5.43. The molecule has 1 aliphatic heterocycles. The number of nitrogens with one attached hydrogen (secondary N) is 1. The summed E-state index contributed by atoms with van der Waals surface area (Å²) in [7, 11) is 0. The minimum atomic E-state index is -0.394. The van der Waals surface area contributed by atoms with E-state index >= 15 is 0 Å². The van der Waals surface area contributed by atoms with E-state index in [1.54, 1.807) is 18.2 Å². The highest BCUT2D eigenvalue weighted by molar-refractivity contribution is 8.26. The third-order valence-corrected chi connectivity index (χ3v) is 6.34. The Morgan fingerprint density at radius 1 is 1.00 bits per heavy atom. The fourth-order valence-corrected chi connectivity index (χ4v) is 4.32. The minimum absolute atomic E-state index is 0.268. The summed E-state index contributed by atoms with van der Waals surface area (Å²) >= 11 is 6.48. The van der Waals surface area contributed by atoms with E-state index in [0.29, 0.717) is 22.8 Å². The molecule has 0 bridgehead atoms. The second-order valence-corrected chi connectivity index (χ2v) is 9.31. The van der Waals surface area contributed by atoms with Crippen molar-refractivity contribution < 1.29 is 14.3 Å². The molecule has 0 aliphatic carbocycles. The second-order valence-electron chi connectivity index (χ2n) is 7.64. The molecular weight excluding hydrogens is 452 g/mol. The normalized spacial score (nSPS) is 14.6. The summed E-state index contributed by atoms with van der Waals surface area (Å²) in [5.74, 6) is -0.111. The van der Waals surface area contributed by atoms with Gasteiger partial charge in [0, 0.05) is 11.1 Å². The quantitative estimate of drug-likeness (QED) is 0.381. The standard InChI is InChI=1S/C26H22N2O3S2/c1-17-7-11-19(12-8-17)16-31-22-6-4-3-5-21(22)15-23-25(30)28(26(32)33-23)27-24(29)20-13-9-18(2)10-14-20/h3-15H,16H2,1-2H3,(H,27,29)/b23-15-. The second kappa shape index (κ2) is 10.0. The van der Waals surface area contributed by atoms with E-state index in [9.17, 15) is 9.59 Å². The van der Waals surface area contributed by atoms with Gasteiger partial charge in [0.05, 0.1) is 4.91 Å². The Hall–Kier alpha value is -3.42. The number of rotatable bonds is 6. The number of thioether (sulfide) groups is 1. The molecule has 1 N–H and O–H groups in total. The van der Waals surface area contributed by atoms with Gasteiger partial charge in [-0.3, -0.25) is 15.0 Å². The number of amides is 2. The van der Waals surface area contributed by atoms with E-state index in [0.717, 1.165) is 33.5 Å². The average Bonchev–Trinajstić information content (AvgIpc) is 3.07. The molecule has 0 radical (unpaired) electrons. The maximum absolute atomic E-state index is 13.0. The number of hydrogen-bond donors (Lipinski definition) is 1. The van der Waals surface area contributed by atoms with Crippen molar-refractivity contribution in [3.63, 3.8) is 0 Å². The van der Waals surface area contributed by atoms with Gasteiger partial charge in [0.1, 0.15) is 12.4 Å². The number of hydrazine groups is 1. The SMILES string of the molecule is Cc1ccc(COc2ccccc2/C=C2\SC(=S)N(NC(=O)c3ccc(C)cc3)C2=O)cc1. The molecule has 33 heavy (non-hydrogen) atoms. The van der Waals surface area contributed by atoms with Crippen LogP contribution in [0.15, 0.2) is 77.7 Å². The van der Waals surface area contributed by atoms with Crippen LogP contribution in [-0.4, -0.2) is 21.1 Å². The van der Waals surface area contributed by atoms with Gasteiger partial charge in [-0.05, 0) is 55.9 Å². The van der Waals surface area contributed by atoms with Crippen molar-refractivity contribution in [1.82, 2.24) is 10.4 Å². The molecule has 3 aromatic rings. The third kappa shape index (κ3) is 5.50. The van der Waals surface area contributed by atoms with Crippen LogP contribution in [0.4, 0.5) is 0 Å². The largest absolute Gasteiger partial charge is 0.488 e. The first-order chi connectivity index (χ1) is 15.9. The van der Waals surface area contributed by atoms with E-state index in [-0.39, 0.29) is 10.2 Å². The van der Waals surface area contributed by atoms with Crippen LogP contribution in [-0.2, 0) is 11.4 Å². The Balaban J connectivity index is 1.48. The van der Waals surface area contributed by atoms with Gasteiger partial charge < -0.3 is 4.74 Å². The Kier molecular flexibility index (Phi) is 6.91. The van der Waals surface area contributed by atoms with Gasteiger partial charge in [0.15, 0.2) is 4.32 Å². The molecular formula is C26H22N2O3S2. The number of aryl methyl sites for hydroxylation is 2. The predicted molar refractivity (Wildman–Crippen MR) is 136 cm³/mol. The van der Waals surface area contributed by atoms with E-state index < -0.39 is 5.91 Å². The van der Waals surface area contributed by atoms with Crippen LogP contribution in [0.2, 0.25) is 0 Å². The number of hydrogen-bond acceptors (Lipinski definition) is 5. The fourth-order valence-electron chi connectivity index (χ4n) is 3.15. The topological polar surface area (TPSA) is 58.6 Å². The van der Waals surface area contributed by atoms with Crippen molar-refractivity contribution >= 4 is 46.2 Å². The van der Waals surface area contributed by atoms with Crippen LogP contribution in [0.3, 0.4) is 0 Å². The van der Waals surface area contributed by atoms with Crippen molar-refractivity contribution in [2.45, 2.75) is 20.5 Å². The Bertz CT molecular complexity index is 1240. The van der Waals surface area contributed by atoms with Crippen molar-refractivity contribution in [2.75, 3.05) is 0 Å². The van der Waals surface area contributed by atoms with Gasteiger partial charge in [0.25, 0.3) is 11.8 Å². The molecule has 1 heterocycles. The van der Waals surface area contributed by atoms with E-state index in [4.69, 9.17) is 17.0 Å². The first-order valence-electron chi connectivity index (χ1n) is 10.3. The molecule has 4 rings (SSSR count). The van der Waals surface area contributed by atoms with Crippen molar-refractivity contribution in [3.05, 3.63) is 106 Å². The summed E-state index contributed by atoms with van der Waals surface area (Å²) in [4.78, 5) is 25.9. The molecule has 1 fully saturated rings. The zero-order valence-corrected chi connectivity index (χ0v) is 19.8. The average molecular weight is 475 g/mol. The number of nitrogens with zero attached hydrogens (tertiary/aromatic N) is 1. The van der Waals surface area contributed by atoms with Crippen LogP contribution < -0.4 is 10.2 Å². The molecule has 3 aromatic carbocycles. The fraction of sp³-hybridized carbons (Fsp3) is 0.115. The molecule has 2 amide bonds. The molecule has 0 saturated carbocycles. The van der Waals surface area contributed by atoms with Crippen LogP contribution in [0.5, 0.6) is 5.75 Å². The monoisotopic (exact) mass is 474 g/mol. The highest BCUT2D eigenvalue weighted by Gasteiger charge is 2.34. The Labute approximate surface area is 202 Å². The number of thiocarbonyl (C=S) groups is 1. The summed E-state index contributed by atoms with van der Waals surface area (Å²) in [5, 5.41) is 1.11. The van der Waals surface area contributed by atoms with Crippen molar-refractivity contribution in [2.24, 2.45) is 0 Å². The summed E-state index contributed by atoms with van der Waals surface area (Å²) in [6.07, 6.45) is 1.74. The molecule has 0 unspecified atom stereocenters. The number of carbonyl (C=O) groups is 2. The zero-order chi connectivity index (χ0) is 23.4. The van der Waals surface area contributed by atoms with Gasteiger partial charge >= 0.3 is 0 Å². The highest BCUT2D eigenvalue weighted by atomic mass is 32.2. The summed E-state index contributed by atoms with van der Waals surface area (Å²) in [5.41, 5.74) is 7.11. The van der Waals surface area contributed by atoms with Crippen molar-refractivity contribution in [1.29, 1.82) is 0 Å². The zero-order valence-electron chi connectivity index (χ0n) is 18.2. The number of carbonyl (C=O) groups excluding carboxylic acids is 2. The van der Waals surface area contributed by atoms with Crippen molar-refractivity contribution in [3.8, 4) is 5.75 Å². The third-order valence-electron chi connectivity index (χ3n) is 5.04. The molecule has 166 valence electrons. The Morgan fingerprint density at radius 3 is 2.33 bits per heavy atom. The van der Waals surface area contributed by atoms with Crippen LogP contribution in [0.25, 0.3) is 6.08 Å². The molecule has 1 aliphatic rings. The van der Waals surface area contributed by atoms with E-state index in [2.05, 4.69) is 5.43 Å². The number of ether oxygens (including phenoxy) is 1. The molecule has 7 heteroatoms. The van der Waals surface area contributed by atoms with Gasteiger partial charge in [0.2, 0.25) is 0 Å². The maximum Gasteiger partial charge on any atom is 0.285 e.